The Balaban J connectivity index is 1.92. The van der Waals surface area contributed by atoms with E-state index in [1.54, 1.807) is 6.92 Å². The summed E-state index contributed by atoms with van der Waals surface area (Å²) in [5.41, 5.74) is 0.0920. The van der Waals surface area contributed by atoms with Gasteiger partial charge in [-0.25, -0.2) is 18.0 Å². The molecule has 0 atom stereocenters. The van der Waals surface area contributed by atoms with E-state index in [1.807, 2.05) is 5.32 Å². The normalized spacial score (nSPS) is 14.7. The van der Waals surface area contributed by atoms with E-state index in [9.17, 15) is 22.8 Å². The smallest absolute Gasteiger partial charge is 0.413 e. The van der Waals surface area contributed by atoms with Crippen LogP contribution in [-0.2, 0) is 24.3 Å². The highest BCUT2D eigenvalue weighted by molar-refractivity contribution is 7.89. The maximum atomic E-state index is 12.4. The molecule has 1 aromatic carbocycles. The van der Waals surface area contributed by atoms with E-state index >= 15 is 0 Å². The molecule has 0 saturated carbocycles. The molecular weight excluding hydrogens is 364 g/mol. The molecule has 2 rings (SSSR count). The summed E-state index contributed by atoms with van der Waals surface area (Å²) in [6, 6.07) is 5.27. The monoisotopic (exact) mass is 384 g/mol. The van der Waals surface area contributed by atoms with Crippen molar-refractivity contribution in [1.82, 2.24) is 9.62 Å². The molecule has 26 heavy (non-hydrogen) atoms. The van der Waals surface area contributed by atoms with Gasteiger partial charge in [0.15, 0.2) is 6.61 Å². The van der Waals surface area contributed by atoms with Crippen LogP contribution in [0.25, 0.3) is 0 Å². The molecule has 0 radical (unpaired) electrons. The predicted octanol–water partition coefficient (Wildman–Crippen LogP) is 0.901. The van der Waals surface area contributed by atoms with Gasteiger partial charge >= 0.3 is 12.1 Å². The van der Waals surface area contributed by atoms with Crippen molar-refractivity contribution in [3.05, 3.63) is 29.8 Å². The summed E-state index contributed by atoms with van der Waals surface area (Å²) in [5.74, 6) is -1.64. The minimum atomic E-state index is -3.56. The van der Waals surface area contributed by atoms with Gasteiger partial charge in [-0.2, -0.15) is 4.31 Å². The average molecular weight is 384 g/mol. The fraction of sp³-hybridized carbons (Fsp3) is 0.438. The molecule has 142 valence electrons. The van der Waals surface area contributed by atoms with Crippen LogP contribution in [0.4, 0.5) is 4.79 Å². The minimum Gasteiger partial charge on any atom is -0.452 e. The number of amides is 2. The quantitative estimate of drug-likeness (QED) is 0.724. The van der Waals surface area contributed by atoms with Crippen molar-refractivity contribution in [3.63, 3.8) is 0 Å². The van der Waals surface area contributed by atoms with E-state index in [2.05, 4.69) is 4.74 Å². The molecule has 0 aliphatic carbocycles. The number of carbonyl (C=O) groups is 3. The van der Waals surface area contributed by atoms with Crippen LogP contribution in [0.2, 0.25) is 0 Å². The number of sulfonamides is 1. The van der Waals surface area contributed by atoms with Gasteiger partial charge in [-0.15, -0.1) is 0 Å². The number of nitrogens with zero attached hydrogens (tertiary/aromatic N) is 1. The minimum absolute atomic E-state index is 0.0920. The summed E-state index contributed by atoms with van der Waals surface area (Å²) >= 11 is 0. The van der Waals surface area contributed by atoms with Crippen molar-refractivity contribution in [2.24, 2.45) is 0 Å². The molecular formula is C16H20N2O7S. The first kappa shape index (κ1) is 19.9. The number of hydrogen-bond donors (Lipinski definition) is 1. The molecule has 9 nitrogen and oxygen atoms in total. The van der Waals surface area contributed by atoms with E-state index in [4.69, 9.17) is 4.74 Å². The zero-order valence-electron chi connectivity index (χ0n) is 14.3. The second kappa shape index (κ2) is 8.77. The van der Waals surface area contributed by atoms with Crippen molar-refractivity contribution in [2.75, 3.05) is 26.3 Å². The summed E-state index contributed by atoms with van der Waals surface area (Å²) in [5, 5.41) is 1.89. The Kier molecular flexibility index (Phi) is 6.70. The van der Waals surface area contributed by atoms with Gasteiger partial charge in [-0.3, -0.25) is 10.1 Å². The number of nitrogens with one attached hydrogen (secondary N) is 1. The molecule has 1 N–H and O–H groups in total. The van der Waals surface area contributed by atoms with E-state index in [-0.39, 0.29) is 17.1 Å². The SMILES string of the molecule is CCOC(=O)NC(=O)COC(=O)c1ccc(S(=O)(=O)N2CCCC2)cc1. The van der Waals surface area contributed by atoms with Crippen molar-refractivity contribution < 1.29 is 32.3 Å². The maximum absolute atomic E-state index is 12.4. The first-order valence-corrected chi connectivity index (χ1v) is 9.52. The van der Waals surface area contributed by atoms with Gasteiger partial charge in [0.05, 0.1) is 17.1 Å². The summed E-state index contributed by atoms with van der Waals surface area (Å²) in [6.45, 7) is 2.00. The second-order valence-corrected chi connectivity index (χ2v) is 7.42. The molecule has 0 spiro atoms. The highest BCUT2D eigenvalue weighted by Crippen LogP contribution is 2.21. The lowest BCUT2D eigenvalue weighted by Gasteiger charge is -2.15. The third-order valence-electron chi connectivity index (χ3n) is 3.64. The number of alkyl carbamates (subject to hydrolysis) is 1. The number of ether oxygens (including phenoxy) is 2. The van der Waals surface area contributed by atoms with Gasteiger partial charge in [0.25, 0.3) is 5.91 Å². The molecule has 0 unspecified atom stereocenters. The first-order chi connectivity index (χ1) is 12.3. The highest BCUT2D eigenvalue weighted by atomic mass is 32.2. The number of esters is 1. The molecule has 10 heteroatoms. The Bertz CT molecular complexity index is 768. The molecule has 0 bridgehead atoms. The largest absolute Gasteiger partial charge is 0.452 e. The number of hydrogen-bond acceptors (Lipinski definition) is 7. The van der Waals surface area contributed by atoms with Crippen LogP contribution < -0.4 is 5.32 Å². The Morgan fingerprint density at radius 3 is 2.27 bits per heavy atom. The summed E-state index contributed by atoms with van der Waals surface area (Å²) in [7, 11) is -3.56. The molecule has 1 aliphatic heterocycles. The topological polar surface area (TPSA) is 119 Å². The number of carbonyl (C=O) groups excluding carboxylic acids is 3. The second-order valence-electron chi connectivity index (χ2n) is 5.48. The molecule has 2 amide bonds. The Labute approximate surface area is 151 Å². The Hall–Kier alpha value is -2.46. The van der Waals surface area contributed by atoms with Crippen molar-refractivity contribution >= 4 is 28.0 Å². The van der Waals surface area contributed by atoms with Crippen LogP contribution in [0.3, 0.4) is 0 Å². The molecule has 1 fully saturated rings. The fourth-order valence-corrected chi connectivity index (χ4v) is 3.89. The zero-order valence-corrected chi connectivity index (χ0v) is 15.1. The van der Waals surface area contributed by atoms with Crippen LogP contribution in [0.1, 0.15) is 30.1 Å². The van der Waals surface area contributed by atoms with Crippen molar-refractivity contribution in [1.29, 1.82) is 0 Å². The van der Waals surface area contributed by atoms with Crippen molar-refractivity contribution in [2.45, 2.75) is 24.7 Å². The van der Waals surface area contributed by atoms with Gasteiger partial charge in [-0.1, -0.05) is 0 Å². The lowest BCUT2D eigenvalue weighted by Crippen LogP contribution is -2.34. The molecule has 1 heterocycles. The van der Waals surface area contributed by atoms with Gasteiger partial charge in [0.1, 0.15) is 0 Å². The molecule has 1 aliphatic rings. The van der Waals surface area contributed by atoms with E-state index in [0.717, 1.165) is 12.8 Å². The van der Waals surface area contributed by atoms with Crippen LogP contribution in [0.5, 0.6) is 0 Å². The van der Waals surface area contributed by atoms with E-state index in [1.165, 1.54) is 28.6 Å². The number of rotatable bonds is 6. The Morgan fingerprint density at radius 1 is 1.08 bits per heavy atom. The van der Waals surface area contributed by atoms with E-state index < -0.39 is 34.6 Å². The van der Waals surface area contributed by atoms with Crippen LogP contribution >= 0.6 is 0 Å². The fourth-order valence-electron chi connectivity index (χ4n) is 2.37. The van der Waals surface area contributed by atoms with E-state index in [0.29, 0.717) is 13.1 Å². The molecule has 1 aromatic rings. The summed E-state index contributed by atoms with van der Waals surface area (Å²) in [4.78, 5) is 34.5. The van der Waals surface area contributed by atoms with Gasteiger partial charge in [0, 0.05) is 13.1 Å². The first-order valence-electron chi connectivity index (χ1n) is 8.08. The number of imide groups is 1. The van der Waals surface area contributed by atoms with Crippen LogP contribution in [0.15, 0.2) is 29.2 Å². The average Bonchev–Trinajstić information content (AvgIpc) is 3.15. The summed E-state index contributed by atoms with van der Waals surface area (Å²) < 4.78 is 35.5. The van der Waals surface area contributed by atoms with Crippen LogP contribution in [-0.4, -0.2) is 57.0 Å². The standard InChI is InChI=1S/C16H20N2O7S/c1-2-24-16(21)17-14(19)11-25-15(20)12-5-7-13(8-6-12)26(22,23)18-9-3-4-10-18/h5-8H,2-4,9-11H2,1H3,(H,17,19,21). The molecule has 1 saturated heterocycles. The van der Waals surface area contributed by atoms with Crippen molar-refractivity contribution in [3.8, 4) is 0 Å². The molecule has 0 aromatic heterocycles. The lowest BCUT2D eigenvalue weighted by molar-refractivity contribution is -0.123. The number of benzene rings is 1. The van der Waals surface area contributed by atoms with Gasteiger partial charge in [0.2, 0.25) is 10.0 Å². The highest BCUT2D eigenvalue weighted by Gasteiger charge is 2.27. The maximum Gasteiger partial charge on any atom is 0.413 e. The predicted molar refractivity (Wildman–Crippen MR) is 89.9 cm³/mol. The van der Waals surface area contributed by atoms with Gasteiger partial charge < -0.3 is 9.47 Å². The van der Waals surface area contributed by atoms with Crippen LogP contribution in [0, 0.1) is 0 Å². The third kappa shape index (κ3) is 5.02. The third-order valence-corrected chi connectivity index (χ3v) is 5.56. The lowest BCUT2D eigenvalue weighted by atomic mass is 10.2. The summed E-state index contributed by atoms with van der Waals surface area (Å²) in [6.07, 6.45) is 0.736. The zero-order chi connectivity index (χ0) is 19.2. The Morgan fingerprint density at radius 2 is 1.69 bits per heavy atom. The van der Waals surface area contributed by atoms with Gasteiger partial charge in [-0.05, 0) is 44.0 Å².